The summed E-state index contributed by atoms with van der Waals surface area (Å²) in [7, 11) is 3.35. The van der Waals surface area contributed by atoms with Crippen molar-refractivity contribution in [2.24, 2.45) is 0 Å². The average molecular weight is 199 g/mol. The van der Waals surface area contributed by atoms with Crippen molar-refractivity contribution in [3.8, 4) is 0 Å². The van der Waals surface area contributed by atoms with Crippen LogP contribution in [0.3, 0.4) is 0 Å². The first-order valence-corrected chi connectivity index (χ1v) is 4.55. The van der Waals surface area contributed by atoms with E-state index in [0.29, 0.717) is 13.2 Å². The summed E-state index contributed by atoms with van der Waals surface area (Å²) in [4.78, 5) is 0. The number of hydrogen-bond donors (Lipinski definition) is 2. The van der Waals surface area contributed by atoms with Crippen molar-refractivity contribution in [2.75, 3.05) is 32.7 Å². The average Bonchev–Trinajstić information content (AvgIpc) is 2.51. The Hall–Kier alpha value is -1.07. The molecule has 5 nitrogen and oxygen atoms in total. The van der Waals surface area contributed by atoms with Crippen LogP contribution in [-0.2, 0) is 16.1 Å². The summed E-state index contributed by atoms with van der Waals surface area (Å²) in [5, 5.41) is 10.2. The van der Waals surface area contributed by atoms with Gasteiger partial charge in [0.15, 0.2) is 5.82 Å². The van der Waals surface area contributed by atoms with Crippen LogP contribution in [0.4, 0.5) is 5.82 Å². The summed E-state index contributed by atoms with van der Waals surface area (Å²) in [5.74, 6) is 0.849. The van der Waals surface area contributed by atoms with E-state index in [4.69, 9.17) is 9.47 Å². The number of aromatic nitrogens is 2. The quantitative estimate of drug-likeness (QED) is 0.669. The first kappa shape index (κ1) is 11.0. The van der Waals surface area contributed by atoms with Crippen LogP contribution in [-0.4, -0.2) is 37.6 Å². The van der Waals surface area contributed by atoms with E-state index < -0.39 is 0 Å². The highest BCUT2D eigenvalue weighted by Crippen LogP contribution is 2.16. The highest BCUT2D eigenvalue weighted by atomic mass is 16.5. The molecule has 0 amide bonds. The molecule has 80 valence electrons. The smallest absolute Gasteiger partial charge is 0.153 e. The van der Waals surface area contributed by atoms with Crippen molar-refractivity contribution in [3.05, 3.63) is 11.3 Å². The van der Waals surface area contributed by atoms with Gasteiger partial charge in [-0.2, -0.15) is 5.10 Å². The third-order valence-corrected chi connectivity index (χ3v) is 1.96. The maximum absolute atomic E-state index is 5.08. The minimum atomic E-state index is 0.567. The largest absolute Gasteiger partial charge is 0.383 e. The molecular weight excluding hydrogens is 182 g/mol. The predicted octanol–water partition coefficient (Wildman–Crippen LogP) is 0.923. The van der Waals surface area contributed by atoms with E-state index in [9.17, 15) is 0 Å². The zero-order valence-corrected chi connectivity index (χ0v) is 8.89. The summed E-state index contributed by atoms with van der Waals surface area (Å²) < 4.78 is 10.0. The minimum absolute atomic E-state index is 0.567. The van der Waals surface area contributed by atoms with Gasteiger partial charge in [0.1, 0.15) is 0 Å². The molecule has 2 N–H and O–H groups in total. The van der Waals surface area contributed by atoms with E-state index in [1.54, 1.807) is 14.2 Å². The minimum Gasteiger partial charge on any atom is -0.383 e. The van der Waals surface area contributed by atoms with Gasteiger partial charge < -0.3 is 14.8 Å². The number of aryl methyl sites for hydroxylation is 1. The molecule has 1 rings (SSSR count). The fraction of sp³-hybridized carbons (Fsp3) is 0.667. The van der Waals surface area contributed by atoms with Gasteiger partial charge >= 0.3 is 0 Å². The lowest BCUT2D eigenvalue weighted by atomic mass is 10.2. The van der Waals surface area contributed by atoms with Crippen LogP contribution in [0.2, 0.25) is 0 Å². The van der Waals surface area contributed by atoms with Crippen LogP contribution >= 0.6 is 0 Å². The zero-order valence-electron chi connectivity index (χ0n) is 8.89. The second kappa shape index (κ2) is 5.62. The Kier molecular flexibility index (Phi) is 4.42. The molecule has 0 aliphatic heterocycles. The molecule has 1 aromatic heterocycles. The lowest BCUT2D eigenvalue weighted by Gasteiger charge is -2.05. The predicted molar refractivity (Wildman–Crippen MR) is 54.4 cm³/mol. The van der Waals surface area contributed by atoms with Gasteiger partial charge in [-0.1, -0.05) is 0 Å². The molecule has 0 unspecified atom stereocenters. The number of H-pyrrole nitrogens is 1. The van der Waals surface area contributed by atoms with Crippen molar-refractivity contribution >= 4 is 5.82 Å². The molecule has 0 bridgehead atoms. The fourth-order valence-electron chi connectivity index (χ4n) is 1.19. The van der Waals surface area contributed by atoms with Crippen molar-refractivity contribution in [3.63, 3.8) is 0 Å². The molecule has 0 atom stereocenters. The molecule has 5 heteroatoms. The summed E-state index contributed by atoms with van der Waals surface area (Å²) in [6, 6.07) is 0. The normalized spacial score (nSPS) is 10.5. The number of rotatable bonds is 6. The van der Waals surface area contributed by atoms with E-state index in [0.717, 1.165) is 23.6 Å². The first-order chi connectivity index (χ1) is 6.79. The van der Waals surface area contributed by atoms with Crippen LogP contribution in [0.1, 0.15) is 11.3 Å². The Labute approximate surface area is 83.8 Å². The number of nitrogens with one attached hydrogen (secondary N) is 2. The molecule has 0 saturated carbocycles. The highest BCUT2D eigenvalue weighted by Gasteiger charge is 2.08. The summed E-state index contributed by atoms with van der Waals surface area (Å²) in [6.07, 6.45) is 0. The van der Waals surface area contributed by atoms with Crippen LogP contribution in [0.5, 0.6) is 0 Å². The van der Waals surface area contributed by atoms with Gasteiger partial charge in [-0.15, -0.1) is 0 Å². The maximum Gasteiger partial charge on any atom is 0.153 e. The number of ether oxygens (including phenoxy) is 2. The van der Waals surface area contributed by atoms with Crippen molar-refractivity contribution in [1.82, 2.24) is 10.2 Å². The zero-order chi connectivity index (χ0) is 10.4. The summed E-state index contributed by atoms with van der Waals surface area (Å²) in [6.45, 7) is 3.95. The second-order valence-electron chi connectivity index (χ2n) is 3.03. The van der Waals surface area contributed by atoms with Gasteiger partial charge in [-0.25, -0.2) is 0 Å². The van der Waals surface area contributed by atoms with Crippen LogP contribution in [0, 0.1) is 6.92 Å². The monoisotopic (exact) mass is 199 g/mol. The van der Waals surface area contributed by atoms with Crippen LogP contribution in [0.25, 0.3) is 0 Å². The van der Waals surface area contributed by atoms with Crippen LogP contribution < -0.4 is 5.32 Å². The molecular formula is C9H17N3O2. The molecule has 0 fully saturated rings. The molecule has 14 heavy (non-hydrogen) atoms. The molecule has 1 aromatic rings. The van der Waals surface area contributed by atoms with Crippen molar-refractivity contribution in [2.45, 2.75) is 13.5 Å². The van der Waals surface area contributed by atoms with E-state index in [2.05, 4.69) is 15.5 Å². The highest BCUT2D eigenvalue weighted by molar-refractivity contribution is 5.45. The van der Waals surface area contributed by atoms with Gasteiger partial charge in [0.05, 0.1) is 13.2 Å². The Balaban J connectivity index is 2.56. The van der Waals surface area contributed by atoms with Crippen molar-refractivity contribution < 1.29 is 9.47 Å². The molecule has 0 spiro atoms. The Morgan fingerprint density at radius 3 is 2.79 bits per heavy atom. The fourth-order valence-corrected chi connectivity index (χ4v) is 1.19. The van der Waals surface area contributed by atoms with Gasteiger partial charge in [-0.3, -0.25) is 5.10 Å². The number of methoxy groups -OCH3 is 2. The summed E-state index contributed by atoms with van der Waals surface area (Å²) >= 11 is 0. The van der Waals surface area contributed by atoms with E-state index in [-0.39, 0.29) is 0 Å². The van der Waals surface area contributed by atoms with Gasteiger partial charge in [0.2, 0.25) is 0 Å². The van der Waals surface area contributed by atoms with Gasteiger partial charge in [0, 0.05) is 32.0 Å². The third kappa shape index (κ3) is 2.71. The van der Waals surface area contributed by atoms with Gasteiger partial charge in [-0.05, 0) is 6.92 Å². The maximum atomic E-state index is 5.08. The number of nitrogens with zero attached hydrogens (tertiary/aromatic N) is 1. The van der Waals surface area contributed by atoms with Crippen LogP contribution in [0.15, 0.2) is 0 Å². The standard InChI is InChI=1S/C9H17N3O2/c1-7-8(6-14-3)9(12-11-7)10-4-5-13-2/h4-6H2,1-3H3,(H2,10,11,12). The Morgan fingerprint density at radius 1 is 1.36 bits per heavy atom. The van der Waals surface area contributed by atoms with E-state index in [1.807, 2.05) is 6.92 Å². The molecule has 0 aliphatic rings. The van der Waals surface area contributed by atoms with Crippen molar-refractivity contribution in [1.29, 1.82) is 0 Å². The number of hydrogen-bond acceptors (Lipinski definition) is 4. The van der Waals surface area contributed by atoms with Gasteiger partial charge in [0.25, 0.3) is 0 Å². The molecule has 0 aliphatic carbocycles. The van der Waals surface area contributed by atoms with E-state index in [1.165, 1.54) is 0 Å². The van der Waals surface area contributed by atoms with E-state index >= 15 is 0 Å². The molecule has 1 heterocycles. The lowest BCUT2D eigenvalue weighted by Crippen LogP contribution is -2.09. The third-order valence-electron chi connectivity index (χ3n) is 1.96. The number of anilines is 1. The SMILES string of the molecule is COCCNc1n[nH]c(C)c1COC. The molecule has 0 radical (unpaired) electrons. The lowest BCUT2D eigenvalue weighted by molar-refractivity contribution is 0.184. The number of aromatic amines is 1. The second-order valence-corrected chi connectivity index (χ2v) is 3.03. The molecule has 0 aromatic carbocycles. The molecule has 0 saturated heterocycles. The first-order valence-electron chi connectivity index (χ1n) is 4.55. The summed E-state index contributed by atoms with van der Waals surface area (Å²) in [5.41, 5.74) is 2.11. The topological polar surface area (TPSA) is 59.2 Å². The Bertz CT molecular complexity index is 273. The Morgan fingerprint density at radius 2 is 2.14 bits per heavy atom.